The van der Waals surface area contributed by atoms with Crippen molar-refractivity contribution in [2.45, 2.75) is 46.2 Å². The Morgan fingerprint density at radius 1 is 1.06 bits per heavy atom. The van der Waals surface area contributed by atoms with Gasteiger partial charge in [0.2, 0.25) is 0 Å². The van der Waals surface area contributed by atoms with E-state index in [9.17, 15) is 0 Å². The van der Waals surface area contributed by atoms with Crippen LogP contribution in [0.15, 0.2) is 24.3 Å². The molecule has 0 fully saturated rings. The topological polar surface area (TPSA) is 18.5 Å². The minimum Gasteiger partial charge on any atom is -0.520 e. The monoisotopic (exact) mass is 252 g/mol. The lowest BCUT2D eigenvalue weighted by Crippen LogP contribution is -2.38. The quantitative estimate of drug-likeness (QED) is 0.679. The molecule has 0 aliphatic carbocycles. The first-order valence-corrected chi connectivity index (χ1v) is 9.31. The lowest BCUT2D eigenvalue weighted by Gasteiger charge is -2.25. The summed E-state index contributed by atoms with van der Waals surface area (Å²) < 4.78 is 11.9. The molecule has 0 saturated carbocycles. The largest absolute Gasteiger partial charge is 0.520 e. The van der Waals surface area contributed by atoms with E-state index in [2.05, 4.69) is 45.1 Å². The maximum atomic E-state index is 6.10. The highest BCUT2D eigenvalue weighted by Crippen LogP contribution is 2.23. The molecular weight excluding hydrogens is 228 g/mol. The SMILES string of the molecule is CCCO[Si](C)(C)Oc1ccccc1CCC. The molecule has 0 bridgehead atoms. The maximum absolute atomic E-state index is 6.10. The molecule has 0 unspecified atom stereocenters. The number of para-hydroxylation sites is 1. The van der Waals surface area contributed by atoms with Gasteiger partial charge in [-0.2, -0.15) is 0 Å². The molecule has 0 aliphatic heterocycles. The van der Waals surface area contributed by atoms with Gasteiger partial charge in [0.25, 0.3) is 0 Å². The summed E-state index contributed by atoms with van der Waals surface area (Å²) in [6.45, 7) is 9.30. The number of benzene rings is 1. The van der Waals surface area contributed by atoms with Crippen LogP contribution in [0.3, 0.4) is 0 Å². The van der Waals surface area contributed by atoms with Gasteiger partial charge in [-0.1, -0.05) is 38.5 Å². The molecule has 3 heteroatoms. The number of hydrogen-bond acceptors (Lipinski definition) is 2. The van der Waals surface area contributed by atoms with Crippen molar-refractivity contribution in [3.8, 4) is 5.75 Å². The molecule has 17 heavy (non-hydrogen) atoms. The van der Waals surface area contributed by atoms with Crippen molar-refractivity contribution in [1.82, 2.24) is 0 Å². The first-order chi connectivity index (χ1) is 8.09. The molecule has 0 aromatic heterocycles. The predicted molar refractivity (Wildman–Crippen MR) is 74.8 cm³/mol. The van der Waals surface area contributed by atoms with E-state index in [0.29, 0.717) is 0 Å². The van der Waals surface area contributed by atoms with Crippen LogP contribution in [0.1, 0.15) is 32.3 Å². The van der Waals surface area contributed by atoms with Gasteiger partial charge in [0.15, 0.2) is 0 Å². The van der Waals surface area contributed by atoms with Gasteiger partial charge in [0, 0.05) is 6.61 Å². The van der Waals surface area contributed by atoms with Crippen LogP contribution < -0.4 is 4.43 Å². The highest BCUT2D eigenvalue weighted by molar-refractivity contribution is 6.65. The average molecular weight is 252 g/mol. The summed E-state index contributed by atoms with van der Waals surface area (Å²) in [5, 5.41) is 0. The minimum atomic E-state index is -2.03. The van der Waals surface area contributed by atoms with Gasteiger partial charge in [-0.3, -0.25) is 0 Å². The van der Waals surface area contributed by atoms with Crippen LogP contribution in [0.25, 0.3) is 0 Å². The van der Waals surface area contributed by atoms with Crippen molar-refractivity contribution in [3.63, 3.8) is 0 Å². The lowest BCUT2D eigenvalue weighted by molar-refractivity contribution is 0.248. The molecular formula is C14H24O2Si. The summed E-state index contributed by atoms with van der Waals surface area (Å²) >= 11 is 0. The Bertz CT molecular complexity index is 337. The molecule has 1 aromatic carbocycles. The fraction of sp³-hybridized carbons (Fsp3) is 0.571. The van der Waals surface area contributed by atoms with Gasteiger partial charge in [-0.25, -0.2) is 0 Å². The Labute approximate surface area is 106 Å². The van der Waals surface area contributed by atoms with Crippen molar-refractivity contribution in [2.24, 2.45) is 0 Å². The molecule has 0 radical (unpaired) electrons. The van der Waals surface area contributed by atoms with E-state index >= 15 is 0 Å². The van der Waals surface area contributed by atoms with E-state index < -0.39 is 8.56 Å². The third-order valence-electron chi connectivity index (χ3n) is 2.50. The van der Waals surface area contributed by atoms with Crippen molar-refractivity contribution in [1.29, 1.82) is 0 Å². The number of hydrogen-bond donors (Lipinski definition) is 0. The van der Waals surface area contributed by atoms with Crippen LogP contribution >= 0.6 is 0 Å². The zero-order valence-corrected chi connectivity index (χ0v) is 12.5. The van der Waals surface area contributed by atoms with Crippen LogP contribution in [-0.4, -0.2) is 15.2 Å². The van der Waals surface area contributed by atoms with Crippen molar-refractivity contribution >= 4 is 8.56 Å². The Hall–Kier alpha value is -0.803. The summed E-state index contributed by atoms with van der Waals surface area (Å²) in [6.07, 6.45) is 3.24. The summed E-state index contributed by atoms with van der Waals surface area (Å²) in [6, 6.07) is 8.29. The summed E-state index contributed by atoms with van der Waals surface area (Å²) in [5.41, 5.74) is 1.29. The average Bonchev–Trinajstić information content (AvgIpc) is 2.29. The van der Waals surface area contributed by atoms with E-state index in [-0.39, 0.29) is 0 Å². The van der Waals surface area contributed by atoms with Gasteiger partial charge < -0.3 is 8.85 Å². The molecule has 0 amide bonds. The zero-order chi connectivity index (χ0) is 12.7. The molecule has 0 aliphatic rings. The highest BCUT2D eigenvalue weighted by atomic mass is 28.4. The summed E-state index contributed by atoms with van der Waals surface area (Å²) in [4.78, 5) is 0. The Morgan fingerprint density at radius 2 is 1.76 bits per heavy atom. The molecule has 0 saturated heterocycles. The standard InChI is InChI=1S/C14H24O2Si/c1-5-9-13-10-7-8-11-14(13)16-17(3,4)15-12-6-2/h7-8,10-11H,5-6,9,12H2,1-4H3. The molecule has 0 atom stereocenters. The highest BCUT2D eigenvalue weighted by Gasteiger charge is 2.27. The second-order valence-electron chi connectivity index (χ2n) is 4.71. The predicted octanol–water partition coefficient (Wildman–Crippen LogP) is 4.15. The minimum absolute atomic E-state index is 0.787. The second kappa shape index (κ2) is 6.82. The van der Waals surface area contributed by atoms with Crippen LogP contribution in [0.4, 0.5) is 0 Å². The normalized spacial score (nSPS) is 11.5. The van der Waals surface area contributed by atoms with Crippen LogP contribution in [-0.2, 0) is 10.8 Å². The summed E-state index contributed by atoms with van der Waals surface area (Å²) in [7, 11) is -2.03. The van der Waals surface area contributed by atoms with Gasteiger partial charge in [0.05, 0.1) is 0 Å². The number of aryl methyl sites for hydroxylation is 1. The van der Waals surface area contributed by atoms with Crippen molar-refractivity contribution in [2.75, 3.05) is 6.61 Å². The van der Waals surface area contributed by atoms with Gasteiger partial charge in [-0.05, 0) is 37.6 Å². The third kappa shape index (κ3) is 4.92. The van der Waals surface area contributed by atoms with Crippen LogP contribution in [0.2, 0.25) is 13.1 Å². The van der Waals surface area contributed by atoms with Gasteiger partial charge in [-0.15, -0.1) is 0 Å². The first-order valence-electron chi connectivity index (χ1n) is 6.50. The van der Waals surface area contributed by atoms with Gasteiger partial charge >= 0.3 is 8.56 Å². The first kappa shape index (κ1) is 14.3. The van der Waals surface area contributed by atoms with E-state index in [1.165, 1.54) is 5.56 Å². The molecule has 0 N–H and O–H groups in total. The van der Waals surface area contributed by atoms with Crippen molar-refractivity contribution in [3.05, 3.63) is 29.8 Å². The molecule has 96 valence electrons. The molecule has 0 spiro atoms. The maximum Gasteiger partial charge on any atom is 0.392 e. The Morgan fingerprint density at radius 3 is 2.41 bits per heavy atom. The fourth-order valence-electron chi connectivity index (χ4n) is 1.72. The summed E-state index contributed by atoms with van der Waals surface area (Å²) in [5.74, 6) is 1.00. The van der Waals surface area contributed by atoms with Gasteiger partial charge in [0.1, 0.15) is 5.75 Å². The van der Waals surface area contributed by atoms with Crippen molar-refractivity contribution < 1.29 is 8.85 Å². The molecule has 0 heterocycles. The zero-order valence-electron chi connectivity index (χ0n) is 11.5. The third-order valence-corrected chi connectivity index (χ3v) is 4.11. The van der Waals surface area contributed by atoms with E-state index in [1.807, 2.05) is 6.07 Å². The van der Waals surface area contributed by atoms with E-state index in [0.717, 1.165) is 31.6 Å². The molecule has 2 nitrogen and oxygen atoms in total. The molecule has 1 rings (SSSR count). The second-order valence-corrected chi connectivity index (χ2v) is 8.00. The van der Waals surface area contributed by atoms with Crippen LogP contribution in [0, 0.1) is 0 Å². The number of rotatable bonds is 7. The van der Waals surface area contributed by atoms with Crippen LogP contribution in [0.5, 0.6) is 5.75 Å². The Balaban J connectivity index is 2.72. The Kier molecular flexibility index (Phi) is 5.72. The van der Waals surface area contributed by atoms with E-state index in [1.54, 1.807) is 0 Å². The molecule has 1 aromatic rings. The fourth-order valence-corrected chi connectivity index (χ4v) is 3.20. The lowest BCUT2D eigenvalue weighted by atomic mass is 10.1. The smallest absolute Gasteiger partial charge is 0.392 e. The van der Waals surface area contributed by atoms with E-state index in [4.69, 9.17) is 8.85 Å².